The molecule has 0 fully saturated rings. The summed E-state index contributed by atoms with van der Waals surface area (Å²) in [6.45, 7) is 4.89. The molecule has 1 aromatic rings. The number of nitrogens with one attached hydrogen (secondary N) is 2. The van der Waals surface area contributed by atoms with Crippen molar-refractivity contribution in [2.75, 3.05) is 19.6 Å². The zero-order chi connectivity index (χ0) is 19.1. The Morgan fingerprint density at radius 3 is 2.04 bits per heavy atom. The molecule has 140 valence electrons. The van der Waals surface area contributed by atoms with Gasteiger partial charge in [0.15, 0.2) is 0 Å². The van der Waals surface area contributed by atoms with Crippen LogP contribution < -0.4 is 10.6 Å². The number of nitrogens with zero attached hydrogens (tertiary/aromatic N) is 1. The lowest BCUT2D eigenvalue weighted by molar-refractivity contribution is -0.123. The monoisotopic (exact) mass is 359 g/mol. The first-order chi connectivity index (χ1) is 12.4. The van der Waals surface area contributed by atoms with E-state index in [2.05, 4.69) is 10.6 Å². The second-order valence-corrected chi connectivity index (χ2v) is 6.71. The van der Waals surface area contributed by atoms with Crippen LogP contribution in [0, 0.1) is 5.92 Å². The van der Waals surface area contributed by atoms with Crippen LogP contribution in [0.1, 0.15) is 53.8 Å². The molecule has 7 nitrogen and oxygen atoms in total. The van der Waals surface area contributed by atoms with Crippen LogP contribution in [0.5, 0.6) is 0 Å². The van der Waals surface area contributed by atoms with Crippen LogP contribution in [0.3, 0.4) is 0 Å². The van der Waals surface area contributed by atoms with Gasteiger partial charge in [-0.25, -0.2) is 0 Å². The summed E-state index contributed by atoms with van der Waals surface area (Å²) in [6.07, 6.45) is 1.08. The number of hydrogen-bond acceptors (Lipinski definition) is 4. The Kier molecular flexibility index (Phi) is 6.89. The van der Waals surface area contributed by atoms with Gasteiger partial charge in [0.25, 0.3) is 11.8 Å². The van der Waals surface area contributed by atoms with Gasteiger partial charge in [0.2, 0.25) is 11.8 Å². The summed E-state index contributed by atoms with van der Waals surface area (Å²) in [5.41, 5.74) is 0.832. The summed E-state index contributed by atoms with van der Waals surface area (Å²) in [5.74, 6) is -0.510. The maximum Gasteiger partial charge on any atom is 0.261 e. The van der Waals surface area contributed by atoms with Gasteiger partial charge < -0.3 is 10.6 Å². The summed E-state index contributed by atoms with van der Waals surface area (Å²) in [4.78, 5) is 48.9. The first-order valence-corrected chi connectivity index (χ1v) is 8.88. The van der Waals surface area contributed by atoms with E-state index < -0.39 is 0 Å². The lowest BCUT2D eigenvalue weighted by Crippen LogP contribution is -2.35. The predicted octanol–water partition coefficient (Wildman–Crippen LogP) is 1.34. The highest BCUT2D eigenvalue weighted by Crippen LogP contribution is 2.22. The van der Waals surface area contributed by atoms with Gasteiger partial charge in [0.1, 0.15) is 0 Å². The normalized spacial score (nSPS) is 13.1. The molecule has 1 aromatic carbocycles. The molecule has 0 unspecified atom stereocenters. The van der Waals surface area contributed by atoms with Gasteiger partial charge in [-0.1, -0.05) is 26.0 Å². The quantitative estimate of drug-likeness (QED) is 0.514. The summed E-state index contributed by atoms with van der Waals surface area (Å²) < 4.78 is 0. The van der Waals surface area contributed by atoms with Gasteiger partial charge in [-0.2, -0.15) is 0 Å². The van der Waals surface area contributed by atoms with Crippen molar-refractivity contribution < 1.29 is 19.2 Å². The zero-order valence-corrected chi connectivity index (χ0v) is 15.2. The van der Waals surface area contributed by atoms with E-state index in [1.54, 1.807) is 24.3 Å². The summed E-state index contributed by atoms with van der Waals surface area (Å²) in [5, 5.41) is 5.45. The van der Waals surface area contributed by atoms with Crippen molar-refractivity contribution in [3.05, 3.63) is 35.4 Å². The van der Waals surface area contributed by atoms with Crippen molar-refractivity contribution in [2.24, 2.45) is 5.92 Å². The standard InChI is InChI=1S/C19H25N3O4/c1-13(2)12-17(24)21-10-9-20-16(23)8-5-11-22-18(25)14-6-3-4-7-15(14)19(22)26/h3-4,6-7,13H,5,8-12H2,1-2H3,(H,20,23)(H,21,24). The lowest BCUT2D eigenvalue weighted by Gasteiger charge is -2.13. The van der Waals surface area contributed by atoms with E-state index in [-0.39, 0.29) is 36.6 Å². The van der Waals surface area contributed by atoms with E-state index in [1.165, 1.54) is 4.90 Å². The van der Waals surface area contributed by atoms with Crippen molar-refractivity contribution >= 4 is 23.6 Å². The molecular formula is C19H25N3O4. The largest absolute Gasteiger partial charge is 0.354 e. The molecule has 1 aliphatic rings. The highest BCUT2D eigenvalue weighted by molar-refractivity contribution is 6.21. The van der Waals surface area contributed by atoms with Crippen molar-refractivity contribution in [1.82, 2.24) is 15.5 Å². The first kappa shape index (κ1) is 19.6. The fourth-order valence-electron chi connectivity index (χ4n) is 2.78. The number of imide groups is 1. The molecule has 0 atom stereocenters. The Morgan fingerprint density at radius 2 is 1.50 bits per heavy atom. The van der Waals surface area contributed by atoms with E-state index in [9.17, 15) is 19.2 Å². The molecule has 0 aromatic heterocycles. The molecule has 1 aliphatic heterocycles. The van der Waals surface area contributed by atoms with Gasteiger partial charge in [0, 0.05) is 32.5 Å². The minimum absolute atomic E-state index is 0.0279. The molecule has 0 aliphatic carbocycles. The van der Waals surface area contributed by atoms with Crippen molar-refractivity contribution in [3.8, 4) is 0 Å². The maximum absolute atomic E-state index is 12.2. The number of amides is 4. The highest BCUT2D eigenvalue weighted by atomic mass is 16.2. The van der Waals surface area contributed by atoms with E-state index in [0.29, 0.717) is 43.0 Å². The average molecular weight is 359 g/mol. The predicted molar refractivity (Wildman–Crippen MR) is 96.5 cm³/mol. The fraction of sp³-hybridized carbons (Fsp3) is 0.474. The number of fused-ring (bicyclic) bond motifs is 1. The Hall–Kier alpha value is -2.70. The molecule has 26 heavy (non-hydrogen) atoms. The molecule has 0 bridgehead atoms. The number of hydrogen-bond donors (Lipinski definition) is 2. The number of benzene rings is 1. The summed E-state index contributed by atoms with van der Waals surface area (Å²) >= 11 is 0. The number of carbonyl (C=O) groups excluding carboxylic acids is 4. The van der Waals surface area contributed by atoms with Gasteiger partial charge in [-0.3, -0.25) is 24.1 Å². The van der Waals surface area contributed by atoms with E-state index in [4.69, 9.17) is 0 Å². The zero-order valence-electron chi connectivity index (χ0n) is 15.2. The summed E-state index contributed by atoms with van der Waals surface area (Å²) in [7, 11) is 0. The van der Waals surface area contributed by atoms with Gasteiger partial charge >= 0.3 is 0 Å². The molecule has 4 amide bonds. The molecule has 7 heteroatoms. The minimum atomic E-state index is -0.307. The summed E-state index contributed by atoms with van der Waals surface area (Å²) in [6, 6.07) is 6.72. The average Bonchev–Trinajstić information content (AvgIpc) is 2.83. The molecule has 0 radical (unpaired) electrons. The van der Waals surface area contributed by atoms with Crippen molar-refractivity contribution in [2.45, 2.75) is 33.1 Å². The molecular weight excluding hydrogens is 334 g/mol. The fourth-order valence-corrected chi connectivity index (χ4v) is 2.78. The van der Waals surface area contributed by atoms with Crippen LogP contribution >= 0.6 is 0 Å². The van der Waals surface area contributed by atoms with Gasteiger partial charge in [0.05, 0.1) is 11.1 Å². The Balaban J connectivity index is 1.64. The smallest absolute Gasteiger partial charge is 0.261 e. The lowest BCUT2D eigenvalue weighted by atomic mass is 10.1. The topological polar surface area (TPSA) is 95.6 Å². The third-order valence-electron chi connectivity index (χ3n) is 4.03. The van der Waals surface area contributed by atoms with Crippen molar-refractivity contribution in [1.29, 1.82) is 0 Å². The van der Waals surface area contributed by atoms with E-state index >= 15 is 0 Å². The Morgan fingerprint density at radius 1 is 0.962 bits per heavy atom. The minimum Gasteiger partial charge on any atom is -0.354 e. The first-order valence-electron chi connectivity index (χ1n) is 8.88. The maximum atomic E-state index is 12.2. The number of carbonyl (C=O) groups is 4. The van der Waals surface area contributed by atoms with Crippen LogP contribution in [0.2, 0.25) is 0 Å². The molecule has 1 heterocycles. The third-order valence-corrected chi connectivity index (χ3v) is 4.03. The molecule has 0 saturated carbocycles. The van der Waals surface area contributed by atoms with Crippen molar-refractivity contribution in [3.63, 3.8) is 0 Å². The van der Waals surface area contributed by atoms with Crippen LogP contribution in [-0.4, -0.2) is 48.2 Å². The Bertz CT molecular complexity index is 665. The number of rotatable bonds is 9. The molecule has 0 spiro atoms. The third kappa shape index (κ3) is 5.15. The SMILES string of the molecule is CC(C)CC(=O)NCCNC(=O)CCCN1C(=O)c2ccccc2C1=O. The second kappa shape index (κ2) is 9.12. The molecule has 2 N–H and O–H groups in total. The van der Waals surface area contributed by atoms with Crippen LogP contribution in [-0.2, 0) is 9.59 Å². The van der Waals surface area contributed by atoms with Crippen LogP contribution in [0.4, 0.5) is 0 Å². The Labute approximate surface area is 153 Å². The highest BCUT2D eigenvalue weighted by Gasteiger charge is 2.34. The second-order valence-electron chi connectivity index (χ2n) is 6.71. The van der Waals surface area contributed by atoms with Gasteiger partial charge in [-0.15, -0.1) is 0 Å². The molecule has 2 rings (SSSR count). The van der Waals surface area contributed by atoms with Gasteiger partial charge in [-0.05, 0) is 24.5 Å². The van der Waals surface area contributed by atoms with E-state index in [0.717, 1.165) is 0 Å². The van der Waals surface area contributed by atoms with E-state index in [1.807, 2.05) is 13.8 Å². The van der Waals surface area contributed by atoms with Crippen LogP contribution in [0.25, 0.3) is 0 Å². The molecule has 0 saturated heterocycles. The van der Waals surface area contributed by atoms with Crippen LogP contribution in [0.15, 0.2) is 24.3 Å².